The van der Waals surface area contributed by atoms with E-state index >= 15 is 0 Å². The molecule has 1 aliphatic rings. The van der Waals surface area contributed by atoms with E-state index in [1.807, 2.05) is 30.0 Å². The third-order valence-corrected chi connectivity index (χ3v) is 4.51. The van der Waals surface area contributed by atoms with Gasteiger partial charge in [0.2, 0.25) is 0 Å². The lowest BCUT2D eigenvalue weighted by molar-refractivity contribution is 0.0988. The van der Waals surface area contributed by atoms with Gasteiger partial charge in [0.25, 0.3) is 5.91 Å². The number of carbonyl (C=O) groups is 1. The van der Waals surface area contributed by atoms with Gasteiger partial charge in [-0.05, 0) is 43.5 Å². The third kappa shape index (κ3) is 2.18. The van der Waals surface area contributed by atoms with Crippen molar-refractivity contribution in [3.8, 4) is 5.75 Å². The molecule has 2 aromatic rings. The first-order valence-electron chi connectivity index (χ1n) is 6.59. The summed E-state index contributed by atoms with van der Waals surface area (Å²) in [5, 5.41) is 0. The van der Waals surface area contributed by atoms with E-state index in [4.69, 9.17) is 4.74 Å². The molecule has 3 rings (SSSR count). The molecule has 1 aliphatic heterocycles. The van der Waals surface area contributed by atoms with Gasteiger partial charge in [0, 0.05) is 12.2 Å². The Morgan fingerprint density at radius 2 is 2.30 bits per heavy atom. The van der Waals surface area contributed by atoms with Gasteiger partial charge >= 0.3 is 0 Å². The molecule has 104 valence electrons. The number of amides is 1. The third-order valence-electron chi connectivity index (χ3n) is 3.59. The van der Waals surface area contributed by atoms with Crippen molar-refractivity contribution >= 4 is 22.9 Å². The van der Waals surface area contributed by atoms with Gasteiger partial charge < -0.3 is 9.64 Å². The lowest BCUT2D eigenvalue weighted by Gasteiger charge is -2.29. The van der Waals surface area contributed by atoms with E-state index in [0.717, 1.165) is 41.4 Å². The Morgan fingerprint density at radius 3 is 3.00 bits per heavy atom. The van der Waals surface area contributed by atoms with Crippen LogP contribution < -0.4 is 9.64 Å². The molecular formula is C15H16N2O2S. The van der Waals surface area contributed by atoms with Gasteiger partial charge in [-0.3, -0.25) is 4.79 Å². The number of thiazole rings is 1. The molecule has 20 heavy (non-hydrogen) atoms. The number of fused-ring (bicyclic) bond motifs is 1. The van der Waals surface area contributed by atoms with Crippen molar-refractivity contribution in [2.45, 2.75) is 19.8 Å². The molecule has 0 bridgehead atoms. The highest BCUT2D eigenvalue weighted by Gasteiger charge is 2.25. The second kappa shape index (κ2) is 5.25. The second-order valence-electron chi connectivity index (χ2n) is 4.82. The number of anilines is 1. The molecule has 1 aromatic carbocycles. The maximum atomic E-state index is 12.7. The molecule has 1 aromatic heterocycles. The van der Waals surface area contributed by atoms with E-state index < -0.39 is 0 Å². The van der Waals surface area contributed by atoms with Crippen LogP contribution in [0.1, 0.15) is 27.3 Å². The molecule has 0 spiro atoms. The summed E-state index contributed by atoms with van der Waals surface area (Å²) in [5.41, 5.74) is 4.70. The Balaban J connectivity index is 1.98. The molecule has 0 saturated carbocycles. The highest BCUT2D eigenvalue weighted by atomic mass is 32.1. The summed E-state index contributed by atoms with van der Waals surface area (Å²) in [5.74, 6) is 0.892. The van der Waals surface area contributed by atoms with Crippen LogP contribution in [-0.2, 0) is 6.42 Å². The van der Waals surface area contributed by atoms with Crippen LogP contribution in [0.5, 0.6) is 5.75 Å². The number of ether oxygens (including phenoxy) is 1. The number of methoxy groups -OCH3 is 1. The van der Waals surface area contributed by atoms with Crippen LogP contribution in [0.3, 0.4) is 0 Å². The first-order valence-corrected chi connectivity index (χ1v) is 7.47. The largest absolute Gasteiger partial charge is 0.497 e. The number of aryl methyl sites for hydroxylation is 2. The maximum Gasteiger partial charge on any atom is 0.270 e. The molecule has 0 saturated heterocycles. The molecule has 0 radical (unpaired) electrons. The van der Waals surface area contributed by atoms with E-state index in [-0.39, 0.29) is 5.91 Å². The fraction of sp³-hybridized carbons (Fsp3) is 0.333. The van der Waals surface area contributed by atoms with Crippen molar-refractivity contribution in [3.63, 3.8) is 0 Å². The minimum atomic E-state index is 0.0520. The van der Waals surface area contributed by atoms with Gasteiger partial charge in [0.05, 0.1) is 18.3 Å². The molecule has 0 aliphatic carbocycles. The summed E-state index contributed by atoms with van der Waals surface area (Å²) in [4.78, 5) is 19.4. The van der Waals surface area contributed by atoms with E-state index in [9.17, 15) is 4.79 Å². The number of nitrogens with zero attached hydrogens (tertiary/aromatic N) is 2. The Bertz CT molecular complexity index is 651. The average molecular weight is 288 g/mol. The van der Waals surface area contributed by atoms with Gasteiger partial charge in [-0.1, -0.05) is 0 Å². The summed E-state index contributed by atoms with van der Waals surface area (Å²) >= 11 is 1.41. The van der Waals surface area contributed by atoms with Crippen molar-refractivity contribution in [1.29, 1.82) is 0 Å². The predicted octanol–water partition coefficient (Wildman–Crippen LogP) is 3.05. The van der Waals surface area contributed by atoms with Crippen LogP contribution in [0.15, 0.2) is 23.7 Å². The summed E-state index contributed by atoms with van der Waals surface area (Å²) < 4.78 is 5.26. The molecule has 4 nitrogen and oxygen atoms in total. The number of carbonyl (C=O) groups excluding carboxylic acids is 1. The molecule has 5 heteroatoms. The monoisotopic (exact) mass is 288 g/mol. The highest BCUT2D eigenvalue weighted by Crippen LogP contribution is 2.32. The molecule has 2 heterocycles. The van der Waals surface area contributed by atoms with Gasteiger partial charge in [-0.25, -0.2) is 4.98 Å². The van der Waals surface area contributed by atoms with E-state index in [1.54, 1.807) is 12.6 Å². The molecule has 1 amide bonds. The standard InChI is InChI=1S/C15H16N2O2S/c1-10-14(20-9-16-10)15(18)17-7-3-4-11-8-12(19-2)5-6-13(11)17/h5-6,8-9H,3-4,7H2,1-2H3. The van der Waals surface area contributed by atoms with Crippen molar-refractivity contribution in [1.82, 2.24) is 4.98 Å². The van der Waals surface area contributed by atoms with Crippen molar-refractivity contribution in [2.75, 3.05) is 18.6 Å². The zero-order valence-corrected chi connectivity index (χ0v) is 12.4. The summed E-state index contributed by atoms with van der Waals surface area (Å²) in [6, 6.07) is 5.90. The minimum Gasteiger partial charge on any atom is -0.497 e. The van der Waals surface area contributed by atoms with Gasteiger partial charge in [-0.15, -0.1) is 11.3 Å². The fourth-order valence-electron chi connectivity index (χ4n) is 2.54. The number of rotatable bonds is 2. The molecular weight excluding hydrogens is 272 g/mol. The van der Waals surface area contributed by atoms with Gasteiger partial charge in [-0.2, -0.15) is 0 Å². The zero-order chi connectivity index (χ0) is 14.1. The quantitative estimate of drug-likeness (QED) is 0.853. The van der Waals surface area contributed by atoms with Gasteiger partial charge in [0.15, 0.2) is 0 Å². The first-order chi connectivity index (χ1) is 9.70. The lowest BCUT2D eigenvalue weighted by atomic mass is 10.0. The smallest absolute Gasteiger partial charge is 0.270 e. The van der Waals surface area contributed by atoms with E-state index in [1.165, 1.54) is 16.9 Å². The summed E-state index contributed by atoms with van der Waals surface area (Å²) in [6.07, 6.45) is 1.96. The van der Waals surface area contributed by atoms with Crippen LogP contribution in [0.4, 0.5) is 5.69 Å². The van der Waals surface area contributed by atoms with Crippen LogP contribution in [0.2, 0.25) is 0 Å². The molecule has 0 unspecified atom stereocenters. The van der Waals surface area contributed by atoms with Crippen molar-refractivity contribution in [3.05, 3.63) is 39.8 Å². The molecule has 0 N–H and O–H groups in total. The highest BCUT2D eigenvalue weighted by molar-refractivity contribution is 7.12. The van der Waals surface area contributed by atoms with E-state index in [0.29, 0.717) is 0 Å². The Morgan fingerprint density at radius 1 is 1.45 bits per heavy atom. The Hall–Kier alpha value is -1.88. The van der Waals surface area contributed by atoms with Crippen molar-refractivity contribution in [2.24, 2.45) is 0 Å². The normalized spacial score (nSPS) is 14.0. The summed E-state index contributed by atoms with van der Waals surface area (Å²) in [6.45, 7) is 2.64. The first kappa shape index (κ1) is 13.1. The number of hydrogen-bond acceptors (Lipinski definition) is 4. The SMILES string of the molecule is COc1ccc2c(c1)CCCN2C(=O)c1scnc1C. The predicted molar refractivity (Wildman–Crippen MR) is 79.8 cm³/mol. The Kier molecular flexibility index (Phi) is 3.44. The minimum absolute atomic E-state index is 0.0520. The molecule has 0 atom stereocenters. The average Bonchev–Trinajstić information content (AvgIpc) is 2.91. The summed E-state index contributed by atoms with van der Waals surface area (Å²) in [7, 11) is 1.66. The zero-order valence-electron chi connectivity index (χ0n) is 11.5. The number of aromatic nitrogens is 1. The lowest BCUT2D eigenvalue weighted by Crippen LogP contribution is -2.35. The topological polar surface area (TPSA) is 42.4 Å². The fourth-order valence-corrected chi connectivity index (χ4v) is 3.29. The maximum absolute atomic E-state index is 12.7. The van der Waals surface area contributed by atoms with Crippen LogP contribution in [-0.4, -0.2) is 24.5 Å². The van der Waals surface area contributed by atoms with Crippen LogP contribution in [0, 0.1) is 6.92 Å². The number of hydrogen-bond donors (Lipinski definition) is 0. The second-order valence-corrected chi connectivity index (χ2v) is 5.68. The van der Waals surface area contributed by atoms with E-state index in [2.05, 4.69) is 4.98 Å². The Labute approximate surface area is 122 Å². The van der Waals surface area contributed by atoms with Crippen molar-refractivity contribution < 1.29 is 9.53 Å². The van der Waals surface area contributed by atoms with Crippen LogP contribution in [0.25, 0.3) is 0 Å². The molecule has 0 fully saturated rings. The van der Waals surface area contributed by atoms with Crippen LogP contribution >= 0.6 is 11.3 Å². The number of benzene rings is 1. The van der Waals surface area contributed by atoms with Gasteiger partial charge in [0.1, 0.15) is 10.6 Å².